The summed E-state index contributed by atoms with van der Waals surface area (Å²) in [6, 6.07) is -1.32. The van der Waals surface area contributed by atoms with Crippen molar-refractivity contribution in [2.24, 2.45) is 0 Å². The maximum Gasteiger partial charge on any atom is 0.328 e. The predicted octanol–water partition coefficient (Wildman–Crippen LogP) is 1.79. The molecule has 21 heavy (non-hydrogen) atoms. The Morgan fingerprint density at radius 1 is 0.905 bits per heavy atom. The molecule has 0 fully saturated rings. The Balaban J connectivity index is 3.29. The van der Waals surface area contributed by atoms with E-state index in [0.29, 0.717) is 5.56 Å². The van der Waals surface area contributed by atoms with Crippen LogP contribution in [0.5, 0.6) is 0 Å². The largest absolute Gasteiger partial charge is 0.480 e. The van der Waals surface area contributed by atoms with Crippen molar-refractivity contribution >= 4 is 11.9 Å². The fourth-order valence-corrected chi connectivity index (χ4v) is 2.44. The number of rotatable bonds is 4. The fraction of sp³-hybridized carbons (Fsp3) is 0.500. The number of aliphatic carboxylic acids is 1. The van der Waals surface area contributed by atoms with Crippen LogP contribution in [0.15, 0.2) is 0 Å². The molecule has 1 aromatic carbocycles. The summed E-state index contributed by atoms with van der Waals surface area (Å²) >= 11 is 0. The first kappa shape index (κ1) is 17.2. The van der Waals surface area contributed by atoms with Crippen LogP contribution in [0.4, 0.5) is 0 Å². The van der Waals surface area contributed by atoms with Crippen molar-refractivity contribution in [1.29, 1.82) is 0 Å². The standard InChI is InChI=1S/C16H23NO4/c1-7-8(2)10(4)13(11(5)9(7)3)15(19)17-14(12(6)18)16(20)21/h12,14,18H,1-6H3,(H,17,19)(H,20,21). The molecule has 0 bridgehead atoms. The number of carboxylic acid groups (broad SMARTS) is 1. The number of hydrogen-bond donors (Lipinski definition) is 3. The molecular weight excluding hydrogens is 270 g/mol. The molecule has 0 radical (unpaired) electrons. The van der Waals surface area contributed by atoms with Gasteiger partial charge in [-0.2, -0.15) is 0 Å². The number of nitrogens with one attached hydrogen (secondary N) is 1. The van der Waals surface area contributed by atoms with Gasteiger partial charge < -0.3 is 15.5 Å². The Morgan fingerprint density at radius 2 is 1.29 bits per heavy atom. The van der Waals surface area contributed by atoms with Crippen LogP contribution in [0.3, 0.4) is 0 Å². The summed E-state index contributed by atoms with van der Waals surface area (Å²) < 4.78 is 0. The maximum absolute atomic E-state index is 12.4. The summed E-state index contributed by atoms with van der Waals surface area (Å²) in [6.45, 7) is 10.9. The number of aliphatic hydroxyl groups excluding tert-OH is 1. The summed E-state index contributed by atoms with van der Waals surface area (Å²) in [4.78, 5) is 23.5. The van der Waals surface area contributed by atoms with E-state index in [1.807, 2.05) is 34.6 Å². The Kier molecular flexibility index (Phi) is 5.12. The van der Waals surface area contributed by atoms with Gasteiger partial charge in [-0.1, -0.05) is 0 Å². The van der Waals surface area contributed by atoms with E-state index in [2.05, 4.69) is 5.32 Å². The summed E-state index contributed by atoms with van der Waals surface area (Å²) in [5, 5.41) is 20.9. The lowest BCUT2D eigenvalue weighted by atomic mass is 9.89. The van der Waals surface area contributed by atoms with Crippen LogP contribution >= 0.6 is 0 Å². The van der Waals surface area contributed by atoms with E-state index in [4.69, 9.17) is 5.11 Å². The van der Waals surface area contributed by atoms with Gasteiger partial charge in [-0.15, -0.1) is 0 Å². The molecule has 1 amide bonds. The molecule has 116 valence electrons. The van der Waals surface area contributed by atoms with Crippen molar-refractivity contribution in [3.63, 3.8) is 0 Å². The lowest BCUT2D eigenvalue weighted by Crippen LogP contribution is -2.48. The second kappa shape index (κ2) is 6.26. The normalized spacial score (nSPS) is 13.7. The highest BCUT2D eigenvalue weighted by atomic mass is 16.4. The minimum atomic E-state index is -1.32. The molecule has 0 saturated carbocycles. The van der Waals surface area contributed by atoms with Crippen LogP contribution in [0.1, 0.15) is 45.1 Å². The minimum Gasteiger partial charge on any atom is -0.480 e. The molecule has 0 spiro atoms. The molecule has 1 rings (SSSR count). The van der Waals surface area contributed by atoms with Gasteiger partial charge in [0.25, 0.3) is 5.91 Å². The van der Waals surface area contributed by atoms with Gasteiger partial charge in [-0.05, 0) is 69.4 Å². The van der Waals surface area contributed by atoms with Crippen LogP contribution in [0.2, 0.25) is 0 Å². The average Bonchev–Trinajstić information content (AvgIpc) is 2.39. The van der Waals surface area contributed by atoms with E-state index >= 15 is 0 Å². The number of benzene rings is 1. The van der Waals surface area contributed by atoms with Gasteiger partial charge in [0, 0.05) is 5.56 Å². The molecule has 3 N–H and O–H groups in total. The van der Waals surface area contributed by atoms with Crippen LogP contribution in [-0.4, -0.2) is 34.2 Å². The van der Waals surface area contributed by atoms with Gasteiger partial charge in [0.2, 0.25) is 0 Å². The number of carbonyl (C=O) groups excluding carboxylic acids is 1. The van der Waals surface area contributed by atoms with E-state index in [-0.39, 0.29) is 0 Å². The van der Waals surface area contributed by atoms with Crippen LogP contribution in [0, 0.1) is 34.6 Å². The summed E-state index contributed by atoms with van der Waals surface area (Å²) in [6.07, 6.45) is -1.17. The smallest absolute Gasteiger partial charge is 0.328 e. The van der Waals surface area contributed by atoms with Gasteiger partial charge in [-0.25, -0.2) is 4.79 Å². The maximum atomic E-state index is 12.4. The average molecular weight is 293 g/mol. The zero-order chi connectivity index (χ0) is 16.5. The fourth-order valence-electron chi connectivity index (χ4n) is 2.44. The Morgan fingerprint density at radius 3 is 1.62 bits per heavy atom. The van der Waals surface area contributed by atoms with E-state index in [9.17, 15) is 14.7 Å². The lowest BCUT2D eigenvalue weighted by Gasteiger charge is -2.21. The van der Waals surface area contributed by atoms with Crippen LogP contribution in [-0.2, 0) is 4.79 Å². The first-order valence-electron chi connectivity index (χ1n) is 6.88. The van der Waals surface area contributed by atoms with E-state index in [1.165, 1.54) is 6.92 Å². The molecule has 2 atom stereocenters. The molecule has 5 heteroatoms. The summed E-state index contributed by atoms with van der Waals surface area (Å²) in [5.41, 5.74) is 5.33. The molecule has 0 aliphatic carbocycles. The zero-order valence-corrected chi connectivity index (χ0v) is 13.4. The van der Waals surface area contributed by atoms with Gasteiger partial charge in [0.1, 0.15) is 0 Å². The molecule has 0 saturated heterocycles. The third-order valence-corrected chi connectivity index (χ3v) is 4.26. The predicted molar refractivity (Wildman–Crippen MR) is 80.7 cm³/mol. The Bertz CT molecular complexity index is 561. The summed E-state index contributed by atoms with van der Waals surface area (Å²) in [5.74, 6) is -1.72. The monoisotopic (exact) mass is 293 g/mol. The second-order valence-corrected chi connectivity index (χ2v) is 5.53. The van der Waals surface area contributed by atoms with Gasteiger partial charge in [0.15, 0.2) is 6.04 Å². The first-order chi connectivity index (χ1) is 9.59. The third kappa shape index (κ3) is 3.24. The van der Waals surface area contributed by atoms with Gasteiger partial charge in [-0.3, -0.25) is 4.79 Å². The van der Waals surface area contributed by atoms with Crippen molar-refractivity contribution in [2.45, 2.75) is 53.7 Å². The number of amides is 1. The minimum absolute atomic E-state index is 0.468. The molecule has 0 aliphatic rings. The molecule has 1 aromatic rings. The second-order valence-electron chi connectivity index (χ2n) is 5.53. The van der Waals surface area contributed by atoms with Crippen LogP contribution in [0.25, 0.3) is 0 Å². The van der Waals surface area contributed by atoms with Crippen molar-refractivity contribution in [3.05, 3.63) is 33.4 Å². The van der Waals surface area contributed by atoms with Crippen molar-refractivity contribution in [2.75, 3.05) is 0 Å². The first-order valence-corrected chi connectivity index (χ1v) is 6.88. The van der Waals surface area contributed by atoms with Gasteiger partial charge >= 0.3 is 5.97 Å². The third-order valence-electron chi connectivity index (χ3n) is 4.26. The number of hydrogen-bond acceptors (Lipinski definition) is 3. The highest BCUT2D eigenvalue weighted by molar-refractivity contribution is 6.00. The Labute approximate surface area is 125 Å². The Hall–Kier alpha value is -1.88. The molecule has 0 heterocycles. The highest BCUT2D eigenvalue weighted by Gasteiger charge is 2.27. The molecule has 0 aliphatic heterocycles. The topological polar surface area (TPSA) is 86.6 Å². The quantitative estimate of drug-likeness (QED) is 0.790. The number of carboxylic acids is 1. The van der Waals surface area contributed by atoms with Crippen molar-refractivity contribution in [3.8, 4) is 0 Å². The summed E-state index contributed by atoms with van der Waals surface area (Å²) in [7, 11) is 0. The van der Waals surface area contributed by atoms with Crippen LogP contribution < -0.4 is 5.32 Å². The molecule has 5 nitrogen and oxygen atoms in total. The number of aliphatic hydroxyl groups is 1. The van der Waals surface area contributed by atoms with Crippen molar-refractivity contribution in [1.82, 2.24) is 5.32 Å². The van der Waals surface area contributed by atoms with Gasteiger partial charge in [0.05, 0.1) is 6.10 Å². The number of carbonyl (C=O) groups is 2. The van der Waals surface area contributed by atoms with E-state index < -0.39 is 24.0 Å². The lowest BCUT2D eigenvalue weighted by molar-refractivity contribution is -0.141. The SMILES string of the molecule is Cc1c(C)c(C)c(C(=O)NC(C(=O)O)C(C)O)c(C)c1C. The van der Waals surface area contributed by atoms with E-state index in [0.717, 1.165) is 27.8 Å². The molecular formula is C16H23NO4. The zero-order valence-electron chi connectivity index (χ0n) is 13.4. The highest BCUT2D eigenvalue weighted by Crippen LogP contribution is 2.26. The molecule has 0 aromatic heterocycles. The van der Waals surface area contributed by atoms with E-state index in [1.54, 1.807) is 0 Å². The molecule has 2 unspecified atom stereocenters. The van der Waals surface area contributed by atoms with Crippen molar-refractivity contribution < 1.29 is 19.8 Å².